The first-order valence-corrected chi connectivity index (χ1v) is 13.2. The second-order valence-corrected chi connectivity index (χ2v) is 12.4. The minimum absolute atomic E-state index is 0.0440. The average molecular weight is 479 g/mol. The van der Waals surface area contributed by atoms with Crippen molar-refractivity contribution in [2.24, 2.45) is 34.5 Å². The molecule has 4 N–H and O–H groups in total. The van der Waals surface area contributed by atoms with Crippen LogP contribution in [0.2, 0.25) is 0 Å². The summed E-state index contributed by atoms with van der Waals surface area (Å²) >= 11 is 0. The summed E-state index contributed by atoms with van der Waals surface area (Å²) in [5.41, 5.74) is 1.31. The second-order valence-electron chi connectivity index (χ2n) is 12.4. The van der Waals surface area contributed by atoms with Crippen molar-refractivity contribution in [2.75, 3.05) is 0 Å². The molecule has 0 bridgehead atoms. The van der Waals surface area contributed by atoms with E-state index in [0.29, 0.717) is 18.3 Å². The summed E-state index contributed by atoms with van der Waals surface area (Å²) in [5.74, 6) is 1.15. The summed E-state index contributed by atoms with van der Waals surface area (Å²) in [6, 6.07) is 0. The number of hydrogen-bond acceptors (Lipinski definition) is 7. The maximum absolute atomic E-state index is 12.5. The molecule has 1 heterocycles. The summed E-state index contributed by atoms with van der Waals surface area (Å²) in [6.07, 6.45) is 2.16. The number of rotatable bonds is 3. The van der Waals surface area contributed by atoms with E-state index in [0.717, 1.165) is 38.5 Å². The number of carbonyl (C=O) groups is 1. The van der Waals surface area contributed by atoms with E-state index in [4.69, 9.17) is 9.47 Å². The fourth-order valence-corrected chi connectivity index (χ4v) is 8.64. The molecule has 0 unspecified atom stereocenters. The van der Waals surface area contributed by atoms with Gasteiger partial charge in [0, 0.05) is 5.92 Å². The van der Waals surface area contributed by atoms with Crippen LogP contribution in [0.3, 0.4) is 0 Å². The van der Waals surface area contributed by atoms with Crippen molar-refractivity contribution in [3.63, 3.8) is 0 Å². The lowest BCUT2D eigenvalue weighted by Gasteiger charge is -2.59. The molecule has 192 valence electrons. The lowest BCUT2D eigenvalue weighted by molar-refractivity contribution is -0.315. The minimum Gasteiger partial charge on any atom is -0.393 e. The van der Waals surface area contributed by atoms with Gasteiger partial charge in [-0.15, -0.1) is 0 Å². The zero-order valence-corrected chi connectivity index (χ0v) is 20.9. The molecule has 5 rings (SSSR count). The van der Waals surface area contributed by atoms with Crippen molar-refractivity contribution in [1.82, 2.24) is 0 Å². The smallest absolute Gasteiger partial charge is 0.186 e. The van der Waals surface area contributed by atoms with Gasteiger partial charge in [-0.1, -0.05) is 25.5 Å². The Bertz CT molecular complexity index is 843. The van der Waals surface area contributed by atoms with E-state index < -0.39 is 30.7 Å². The summed E-state index contributed by atoms with van der Waals surface area (Å²) in [4.78, 5) is 12.5. The molecule has 7 heteroatoms. The molecule has 34 heavy (non-hydrogen) atoms. The highest BCUT2D eigenvalue weighted by molar-refractivity contribution is 5.79. The lowest BCUT2D eigenvalue weighted by Crippen LogP contribution is -2.60. The van der Waals surface area contributed by atoms with Gasteiger partial charge in [-0.2, -0.15) is 0 Å². The Morgan fingerprint density at radius 2 is 1.76 bits per heavy atom. The summed E-state index contributed by atoms with van der Waals surface area (Å²) < 4.78 is 12.3. The van der Waals surface area contributed by atoms with Crippen LogP contribution >= 0.6 is 0 Å². The standard InChI is InChI=1S/C27H42O7/c1-13(28)17-5-6-18-16-12-21(34-25-24(32)23(31)22(30)14(2)33-25)20-11-15(29)7-9-27(20,4)19(16)8-10-26(17,18)3/h8,14-18,20-25,29-32H,5-7,9-12H2,1-4H3/t14-,15+,16+,17-,18+,20-,21+,22-,23+,24-,25+,26-,27-/m1/s1. The maximum Gasteiger partial charge on any atom is 0.186 e. The lowest BCUT2D eigenvalue weighted by atomic mass is 9.48. The van der Waals surface area contributed by atoms with Crippen LogP contribution in [0.25, 0.3) is 0 Å². The van der Waals surface area contributed by atoms with Gasteiger partial charge in [-0.05, 0) is 87.4 Å². The number of allylic oxidation sites excluding steroid dienone is 2. The molecule has 0 aromatic carbocycles. The Hall–Kier alpha value is -0.830. The SMILES string of the molecule is CC(=O)[C@H]1CC[C@H]2[C@@H]3C[C@H](O[C@@H]4O[C@H](C)[C@@H](O)[C@H](O)[C@H]4O)[C@H]4C[C@@H](O)CC[C@]4(C)C3=CC[C@]12C. The largest absolute Gasteiger partial charge is 0.393 e. The van der Waals surface area contributed by atoms with Crippen LogP contribution in [0.15, 0.2) is 11.6 Å². The van der Waals surface area contributed by atoms with Gasteiger partial charge in [0.05, 0.1) is 18.3 Å². The van der Waals surface area contributed by atoms with Crippen molar-refractivity contribution in [2.45, 2.75) is 116 Å². The second kappa shape index (κ2) is 8.63. The highest BCUT2D eigenvalue weighted by Crippen LogP contribution is 2.66. The van der Waals surface area contributed by atoms with Gasteiger partial charge >= 0.3 is 0 Å². The first-order valence-electron chi connectivity index (χ1n) is 13.2. The van der Waals surface area contributed by atoms with E-state index in [-0.39, 0.29) is 40.7 Å². The van der Waals surface area contributed by atoms with E-state index in [2.05, 4.69) is 19.9 Å². The van der Waals surface area contributed by atoms with Crippen LogP contribution in [0, 0.1) is 34.5 Å². The van der Waals surface area contributed by atoms with Crippen LogP contribution < -0.4 is 0 Å². The van der Waals surface area contributed by atoms with Crippen molar-refractivity contribution in [3.05, 3.63) is 11.6 Å². The molecule has 13 atom stereocenters. The number of ketones is 1. The Morgan fingerprint density at radius 1 is 1.03 bits per heavy atom. The van der Waals surface area contributed by atoms with Crippen LogP contribution in [-0.4, -0.2) is 69.1 Å². The van der Waals surface area contributed by atoms with E-state index >= 15 is 0 Å². The van der Waals surface area contributed by atoms with Gasteiger partial charge in [-0.3, -0.25) is 4.79 Å². The molecule has 0 aromatic rings. The van der Waals surface area contributed by atoms with Gasteiger partial charge in [0.25, 0.3) is 0 Å². The molecule has 1 aliphatic heterocycles. The molecular weight excluding hydrogens is 436 g/mol. The number of aliphatic hydroxyl groups excluding tert-OH is 4. The monoisotopic (exact) mass is 478 g/mol. The van der Waals surface area contributed by atoms with E-state index in [1.165, 1.54) is 5.57 Å². The summed E-state index contributed by atoms with van der Waals surface area (Å²) in [6.45, 7) is 7.98. The van der Waals surface area contributed by atoms with E-state index in [1.807, 2.05) is 0 Å². The molecule has 0 aromatic heterocycles. The number of Topliss-reactive ketones (excluding diaryl/α,β-unsaturated/α-hetero) is 1. The zero-order valence-electron chi connectivity index (χ0n) is 20.9. The Balaban J connectivity index is 1.47. The molecule has 4 aliphatic carbocycles. The first kappa shape index (κ1) is 24.8. The number of carbonyl (C=O) groups excluding carboxylic acids is 1. The highest BCUT2D eigenvalue weighted by atomic mass is 16.7. The topological polar surface area (TPSA) is 116 Å². The van der Waals surface area contributed by atoms with Crippen LogP contribution in [-0.2, 0) is 14.3 Å². The molecule has 4 fully saturated rings. The zero-order chi connectivity index (χ0) is 24.6. The van der Waals surface area contributed by atoms with Crippen LogP contribution in [0.1, 0.15) is 72.6 Å². The predicted molar refractivity (Wildman–Crippen MR) is 124 cm³/mol. The normalized spacial score (nSPS) is 55.1. The fourth-order valence-electron chi connectivity index (χ4n) is 8.64. The van der Waals surface area contributed by atoms with Crippen LogP contribution in [0.4, 0.5) is 0 Å². The van der Waals surface area contributed by atoms with Crippen molar-refractivity contribution >= 4 is 5.78 Å². The van der Waals surface area contributed by atoms with Gasteiger partial charge in [0.2, 0.25) is 0 Å². The fraction of sp³-hybridized carbons (Fsp3) is 0.889. The number of aliphatic hydroxyl groups is 4. The number of hydrogen-bond donors (Lipinski definition) is 4. The molecular formula is C27H42O7. The molecule has 1 saturated heterocycles. The third kappa shape index (κ3) is 3.65. The highest BCUT2D eigenvalue weighted by Gasteiger charge is 2.60. The third-order valence-corrected chi connectivity index (χ3v) is 10.6. The van der Waals surface area contributed by atoms with Crippen LogP contribution in [0.5, 0.6) is 0 Å². The van der Waals surface area contributed by atoms with Gasteiger partial charge in [0.1, 0.15) is 24.1 Å². The molecule has 5 aliphatic rings. The van der Waals surface area contributed by atoms with Crippen molar-refractivity contribution in [3.8, 4) is 0 Å². The summed E-state index contributed by atoms with van der Waals surface area (Å²) in [7, 11) is 0. The Morgan fingerprint density at radius 3 is 2.47 bits per heavy atom. The maximum atomic E-state index is 12.5. The first-order chi connectivity index (χ1) is 16.0. The van der Waals surface area contributed by atoms with E-state index in [1.54, 1.807) is 13.8 Å². The van der Waals surface area contributed by atoms with Gasteiger partial charge in [0.15, 0.2) is 6.29 Å². The molecule has 0 spiro atoms. The Labute approximate surface area is 202 Å². The average Bonchev–Trinajstić information content (AvgIpc) is 3.14. The number of ether oxygens (including phenoxy) is 2. The molecule has 0 amide bonds. The van der Waals surface area contributed by atoms with Crippen molar-refractivity contribution in [1.29, 1.82) is 0 Å². The molecule has 7 nitrogen and oxygen atoms in total. The summed E-state index contributed by atoms with van der Waals surface area (Å²) in [5, 5.41) is 41.6. The molecule has 3 saturated carbocycles. The van der Waals surface area contributed by atoms with Gasteiger partial charge in [-0.25, -0.2) is 0 Å². The third-order valence-electron chi connectivity index (χ3n) is 10.6. The number of fused-ring (bicyclic) bond motifs is 5. The van der Waals surface area contributed by atoms with Crippen molar-refractivity contribution < 1.29 is 34.7 Å². The molecule has 0 radical (unpaired) electrons. The Kier molecular flexibility index (Phi) is 6.31. The quantitative estimate of drug-likeness (QED) is 0.460. The predicted octanol–water partition coefficient (Wildman–Crippen LogP) is 2.34. The van der Waals surface area contributed by atoms with E-state index in [9.17, 15) is 25.2 Å². The van der Waals surface area contributed by atoms with Gasteiger partial charge < -0.3 is 29.9 Å². The minimum atomic E-state index is -1.34.